The van der Waals surface area contributed by atoms with E-state index in [0.717, 1.165) is 4.57 Å². The minimum atomic E-state index is -0.814. The summed E-state index contributed by atoms with van der Waals surface area (Å²) in [6.45, 7) is -0.171. The van der Waals surface area contributed by atoms with Crippen molar-refractivity contribution >= 4 is 21.8 Å². The van der Waals surface area contributed by atoms with Gasteiger partial charge in [-0.3, -0.25) is 23.7 Å². The zero-order valence-corrected chi connectivity index (χ0v) is 15.0. The first kappa shape index (κ1) is 17.5. The van der Waals surface area contributed by atoms with E-state index >= 15 is 0 Å². The van der Waals surface area contributed by atoms with Crippen LogP contribution in [0.2, 0.25) is 0 Å². The van der Waals surface area contributed by atoms with E-state index in [-0.39, 0.29) is 17.6 Å². The van der Waals surface area contributed by atoms with E-state index < -0.39 is 32.7 Å². The van der Waals surface area contributed by atoms with Crippen molar-refractivity contribution in [1.82, 2.24) is 14.5 Å². The summed E-state index contributed by atoms with van der Waals surface area (Å²) in [4.78, 5) is 56.5. The van der Waals surface area contributed by atoms with Crippen molar-refractivity contribution in [2.75, 3.05) is 14.2 Å². The number of hydrogen-bond donors (Lipinski definition) is 2. The summed E-state index contributed by atoms with van der Waals surface area (Å²) >= 11 is 0. The van der Waals surface area contributed by atoms with Gasteiger partial charge in [-0.25, -0.2) is 0 Å². The molecule has 0 atom stereocenters. The predicted octanol–water partition coefficient (Wildman–Crippen LogP) is 0.395. The lowest BCUT2D eigenvalue weighted by Gasteiger charge is -2.10. The Bertz CT molecular complexity index is 1370. The van der Waals surface area contributed by atoms with Gasteiger partial charge in [-0.05, 0) is 18.2 Å². The molecule has 142 valence electrons. The largest absolute Gasteiger partial charge is 0.497 e. The molecule has 4 aromatic rings. The normalized spacial score (nSPS) is 11.2. The molecule has 2 N–H and O–H groups in total. The third kappa shape index (κ3) is 2.40. The highest BCUT2D eigenvalue weighted by molar-refractivity contribution is 5.94. The van der Waals surface area contributed by atoms with Crippen LogP contribution in [0.3, 0.4) is 0 Å². The number of nitrogens with one attached hydrogen (secondary N) is 2. The molecular weight excluding hydrogens is 366 g/mol. The predicted molar refractivity (Wildman–Crippen MR) is 103 cm³/mol. The summed E-state index contributed by atoms with van der Waals surface area (Å²) in [5, 5.41) is -0.833. The van der Waals surface area contributed by atoms with Crippen molar-refractivity contribution in [3.05, 3.63) is 77.3 Å². The van der Waals surface area contributed by atoms with Crippen LogP contribution in [-0.2, 0) is 6.54 Å². The Morgan fingerprint density at radius 1 is 0.857 bits per heavy atom. The fraction of sp³-hybridized carbons (Fsp3) is 0.158. The van der Waals surface area contributed by atoms with E-state index in [1.165, 1.54) is 26.6 Å². The molecule has 0 aliphatic heterocycles. The molecule has 0 aliphatic rings. The second-order valence-corrected chi connectivity index (χ2v) is 6.15. The molecule has 0 saturated carbocycles. The van der Waals surface area contributed by atoms with Gasteiger partial charge in [0.15, 0.2) is 0 Å². The van der Waals surface area contributed by atoms with Crippen LogP contribution in [0.25, 0.3) is 21.8 Å². The van der Waals surface area contributed by atoms with Gasteiger partial charge in [0.2, 0.25) is 10.9 Å². The first-order valence-electron chi connectivity index (χ1n) is 8.31. The number of benzene rings is 2. The first-order valence-corrected chi connectivity index (χ1v) is 8.31. The maximum Gasteiger partial charge on any atom is 0.266 e. The molecule has 2 aromatic heterocycles. The second kappa shape index (κ2) is 6.38. The minimum absolute atomic E-state index is 0.0480. The Hall–Kier alpha value is -3.88. The number of nitrogens with zero attached hydrogens (tertiary/aromatic N) is 1. The summed E-state index contributed by atoms with van der Waals surface area (Å²) < 4.78 is 11.3. The van der Waals surface area contributed by atoms with Crippen LogP contribution < -0.4 is 31.4 Å². The molecule has 9 heteroatoms. The molecule has 2 heterocycles. The minimum Gasteiger partial charge on any atom is -0.497 e. The van der Waals surface area contributed by atoms with Gasteiger partial charge < -0.3 is 19.4 Å². The van der Waals surface area contributed by atoms with Gasteiger partial charge in [0.25, 0.3) is 11.1 Å². The van der Waals surface area contributed by atoms with E-state index in [2.05, 4.69) is 9.97 Å². The van der Waals surface area contributed by atoms with E-state index in [1.807, 2.05) is 0 Å². The number of H-pyrrole nitrogens is 2. The molecule has 2 aromatic carbocycles. The molecule has 0 saturated heterocycles. The third-order valence-corrected chi connectivity index (χ3v) is 4.68. The summed E-state index contributed by atoms with van der Waals surface area (Å²) in [5.41, 5.74) is -2.61. The van der Waals surface area contributed by atoms with Gasteiger partial charge in [-0.1, -0.05) is 0 Å². The van der Waals surface area contributed by atoms with Gasteiger partial charge in [-0.15, -0.1) is 0 Å². The lowest BCUT2D eigenvalue weighted by atomic mass is 10.1. The van der Waals surface area contributed by atoms with Crippen LogP contribution in [-0.4, -0.2) is 28.8 Å². The Morgan fingerprint density at radius 2 is 1.43 bits per heavy atom. The summed E-state index contributed by atoms with van der Waals surface area (Å²) in [7, 11) is 2.94. The first-order chi connectivity index (χ1) is 13.5. The zero-order chi connectivity index (χ0) is 20.0. The highest BCUT2D eigenvalue weighted by Gasteiger charge is 2.23. The molecule has 28 heavy (non-hydrogen) atoms. The van der Waals surface area contributed by atoms with E-state index in [4.69, 9.17) is 9.47 Å². The molecule has 4 rings (SSSR count). The standard InChI is InChI=1S/C19H15N3O6/c1-27-10-3-4-11(28-2)9(7-10)8-22-18(25)12-13(19(22)26)17(24)15-14(16(12)23)20-5-6-21-15/h3-7,20-21H,8H2,1-2H3. The van der Waals surface area contributed by atoms with Crippen LogP contribution in [0.15, 0.2) is 49.8 Å². The fourth-order valence-electron chi connectivity index (χ4n) is 3.32. The lowest BCUT2D eigenvalue weighted by Crippen LogP contribution is -2.27. The maximum atomic E-state index is 12.9. The average molecular weight is 381 g/mol. The van der Waals surface area contributed by atoms with Crippen LogP contribution in [0, 0.1) is 0 Å². The molecule has 0 radical (unpaired) electrons. The number of aromatic amines is 2. The fourth-order valence-corrected chi connectivity index (χ4v) is 3.32. The zero-order valence-electron chi connectivity index (χ0n) is 15.0. The number of methoxy groups -OCH3 is 2. The Morgan fingerprint density at radius 3 is 1.93 bits per heavy atom. The van der Waals surface area contributed by atoms with Crippen molar-refractivity contribution in [2.24, 2.45) is 0 Å². The monoisotopic (exact) mass is 381 g/mol. The maximum absolute atomic E-state index is 12.9. The SMILES string of the molecule is COc1ccc(OC)c(Cn2c(=O)c3c(=O)c4[nH]cc[nH]c4c(=O)c3c2=O)c1. The van der Waals surface area contributed by atoms with Gasteiger partial charge in [0, 0.05) is 18.0 Å². The van der Waals surface area contributed by atoms with Crippen LogP contribution in [0.5, 0.6) is 11.5 Å². The molecule has 0 spiro atoms. The van der Waals surface area contributed by atoms with Crippen molar-refractivity contribution in [1.29, 1.82) is 0 Å². The van der Waals surface area contributed by atoms with E-state index in [9.17, 15) is 19.2 Å². The van der Waals surface area contributed by atoms with E-state index in [0.29, 0.717) is 17.1 Å². The number of aromatic nitrogens is 3. The average Bonchev–Trinajstić information content (AvgIpc) is 2.97. The molecule has 0 amide bonds. The molecule has 0 unspecified atom stereocenters. The van der Waals surface area contributed by atoms with Crippen molar-refractivity contribution in [2.45, 2.75) is 6.54 Å². The van der Waals surface area contributed by atoms with Crippen molar-refractivity contribution in [3.63, 3.8) is 0 Å². The van der Waals surface area contributed by atoms with Crippen LogP contribution >= 0.6 is 0 Å². The molecule has 0 aliphatic carbocycles. The highest BCUT2D eigenvalue weighted by Crippen LogP contribution is 2.24. The topological polar surface area (TPSA) is 123 Å². The molecule has 0 bridgehead atoms. The third-order valence-electron chi connectivity index (χ3n) is 4.68. The van der Waals surface area contributed by atoms with Crippen LogP contribution in [0.1, 0.15) is 5.56 Å². The lowest BCUT2D eigenvalue weighted by molar-refractivity contribution is 0.397. The van der Waals surface area contributed by atoms with E-state index in [1.54, 1.807) is 18.2 Å². The molecular formula is C19H15N3O6. The Kier molecular flexibility index (Phi) is 3.99. The second-order valence-electron chi connectivity index (χ2n) is 6.15. The summed E-state index contributed by atoms with van der Waals surface area (Å²) in [5.74, 6) is 0.949. The number of ether oxygens (including phenoxy) is 2. The molecule has 9 nitrogen and oxygen atoms in total. The number of fused-ring (bicyclic) bond motifs is 2. The summed E-state index contributed by atoms with van der Waals surface area (Å²) in [6, 6.07) is 4.94. The summed E-state index contributed by atoms with van der Waals surface area (Å²) in [6.07, 6.45) is 2.85. The Labute approximate surface area is 156 Å². The quantitative estimate of drug-likeness (QED) is 0.527. The number of hydrogen-bond acceptors (Lipinski definition) is 6. The van der Waals surface area contributed by atoms with Crippen molar-refractivity contribution in [3.8, 4) is 11.5 Å². The van der Waals surface area contributed by atoms with Crippen LogP contribution in [0.4, 0.5) is 0 Å². The highest BCUT2D eigenvalue weighted by atomic mass is 16.5. The molecule has 0 fully saturated rings. The van der Waals surface area contributed by atoms with Gasteiger partial charge in [0.1, 0.15) is 33.3 Å². The number of rotatable bonds is 4. The van der Waals surface area contributed by atoms with Gasteiger partial charge in [0.05, 0.1) is 20.8 Å². The Balaban J connectivity index is 2.04. The van der Waals surface area contributed by atoms with Crippen molar-refractivity contribution < 1.29 is 9.47 Å². The van der Waals surface area contributed by atoms with Gasteiger partial charge in [-0.2, -0.15) is 0 Å². The smallest absolute Gasteiger partial charge is 0.266 e. The van der Waals surface area contributed by atoms with Gasteiger partial charge >= 0.3 is 0 Å².